The van der Waals surface area contributed by atoms with Crippen LogP contribution < -0.4 is 5.73 Å². The van der Waals surface area contributed by atoms with Crippen molar-refractivity contribution in [3.05, 3.63) is 23.8 Å². The Morgan fingerprint density at radius 2 is 2.24 bits per heavy atom. The lowest BCUT2D eigenvalue weighted by Gasteiger charge is -2.05. The molecule has 0 radical (unpaired) electrons. The SMILES string of the molecule is Cc1cccc2c1nc(N)n2CCCS(C)=O. The molecule has 17 heavy (non-hydrogen) atoms. The van der Waals surface area contributed by atoms with E-state index in [1.807, 2.05) is 29.7 Å². The number of anilines is 1. The lowest BCUT2D eigenvalue weighted by molar-refractivity contribution is 0.671. The third kappa shape index (κ3) is 2.49. The van der Waals surface area contributed by atoms with Crippen LogP contribution in [0.4, 0.5) is 5.95 Å². The van der Waals surface area contributed by atoms with Gasteiger partial charge in [-0.2, -0.15) is 0 Å². The third-order valence-electron chi connectivity index (χ3n) is 2.82. The Balaban J connectivity index is 2.30. The third-order valence-corrected chi connectivity index (χ3v) is 3.69. The highest BCUT2D eigenvalue weighted by atomic mass is 32.2. The first-order valence-electron chi connectivity index (χ1n) is 5.61. The number of nitrogens with zero attached hydrogens (tertiary/aromatic N) is 2. The van der Waals surface area contributed by atoms with E-state index in [2.05, 4.69) is 4.98 Å². The van der Waals surface area contributed by atoms with E-state index in [0.717, 1.165) is 29.6 Å². The van der Waals surface area contributed by atoms with Gasteiger partial charge in [-0.1, -0.05) is 12.1 Å². The van der Waals surface area contributed by atoms with Crippen molar-refractivity contribution >= 4 is 27.8 Å². The maximum absolute atomic E-state index is 11.0. The molecule has 0 amide bonds. The summed E-state index contributed by atoms with van der Waals surface area (Å²) in [4.78, 5) is 4.38. The van der Waals surface area contributed by atoms with E-state index in [0.29, 0.717) is 11.7 Å². The molecule has 2 N–H and O–H groups in total. The Bertz CT molecular complexity index is 562. The van der Waals surface area contributed by atoms with Gasteiger partial charge in [-0.05, 0) is 25.0 Å². The van der Waals surface area contributed by atoms with Gasteiger partial charge in [0.25, 0.3) is 0 Å². The highest BCUT2D eigenvalue weighted by Gasteiger charge is 2.09. The van der Waals surface area contributed by atoms with Crippen LogP contribution in [-0.2, 0) is 17.3 Å². The second-order valence-corrected chi connectivity index (χ2v) is 5.75. The van der Waals surface area contributed by atoms with Crippen molar-refractivity contribution < 1.29 is 4.21 Å². The summed E-state index contributed by atoms with van der Waals surface area (Å²) in [5.74, 6) is 1.24. The van der Waals surface area contributed by atoms with Crippen molar-refractivity contribution in [1.29, 1.82) is 0 Å². The Kier molecular flexibility index (Phi) is 3.47. The van der Waals surface area contributed by atoms with Gasteiger partial charge in [0.2, 0.25) is 5.95 Å². The maximum Gasteiger partial charge on any atom is 0.201 e. The number of hydrogen-bond acceptors (Lipinski definition) is 3. The van der Waals surface area contributed by atoms with Crippen molar-refractivity contribution in [2.45, 2.75) is 19.9 Å². The molecule has 5 heteroatoms. The van der Waals surface area contributed by atoms with Gasteiger partial charge in [-0.25, -0.2) is 4.98 Å². The summed E-state index contributed by atoms with van der Waals surface area (Å²) in [6, 6.07) is 6.06. The van der Waals surface area contributed by atoms with Gasteiger partial charge in [-0.15, -0.1) is 0 Å². The van der Waals surface area contributed by atoms with Crippen molar-refractivity contribution in [2.75, 3.05) is 17.7 Å². The van der Waals surface area contributed by atoms with Crippen molar-refractivity contribution in [1.82, 2.24) is 9.55 Å². The number of imidazole rings is 1. The summed E-state index contributed by atoms with van der Waals surface area (Å²) in [5.41, 5.74) is 9.07. The first kappa shape index (κ1) is 12.1. The van der Waals surface area contributed by atoms with Crippen molar-refractivity contribution in [2.24, 2.45) is 0 Å². The van der Waals surface area contributed by atoms with Gasteiger partial charge >= 0.3 is 0 Å². The van der Waals surface area contributed by atoms with Crippen molar-refractivity contribution in [3.63, 3.8) is 0 Å². The fourth-order valence-corrected chi connectivity index (χ4v) is 2.50. The molecule has 4 nitrogen and oxygen atoms in total. The summed E-state index contributed by atoms with van der Waals surface area (Å²) < 4.78 is 13.0. The van der Waals surface area contributed by atoms with Gasteiger partial charge in [0.1, 0.15) is 0 Å². The maximum atomic E-state index is 11.0. The molecule has 0 aliphatic heterocycles. The number of aryl methyl sites for hydroxylation is 2. The quantitative estimate of drug-likeness (QED) is 0.899. The van der Waals surface area contributed by atoms with Crippen LogP contribution in [-0.4, -0.2) is 25.8 Å². The Morgan fingerprint density at radius 3 is 2.94 bits per heavy atom. The first-order valence-corrected chi connectivity index (χ1v) is 7.33. The first-order chi connectivity index (χ1) is 8.09. The predicted octanol–water partition coefficient (Wildman–Crippen LogP) is 1.70. The average molecular weight is 251 g/mol. The van der Waals surface area contributed by atoms with E-state index in [1.165, 1.54) is 0 Å². The van der Waals surface area contributed by atoms with Gasteiger partial charge in [0, 0.05) is 29.4 Å². The summed E-state index contributed by atoms with van der Waals surface area (Å²) in [6.45, 7) is 2.80. The zero-order chi connectivity index (χ0) is 12.4. The van der Waals surface area contributed by atoms with Gasteiger partial charge in [0.15, 0.2) is 0 Å². The van der Waals surface area contributed by atoms with Crippen LogP contribution >= 0.6 is 0 Å². The van der Waals surface area contributed by atoms with E-state index >= 15 is 0 Å². The number of aromatic nitrogens is 2. The Hall–Kier alpha value is -1.36. The summed E-state index contributed by atoms with van der Waals surface area (Å²) in [7, 11) is -0.746. The molecule has 0 fully saturated rings. The molecule has 1 heterocycles. The number of benzene rings is 1. The van der Waals surface area contributed by atoms with Crippen LogP contribution in [0.3, 0.4) is 0 Å². The van der Waals surface area contributed by atoms with Crippen LogP contribution in [0.5, 0.6) is 0 Å². The molecule has 1 aromatic carbocycles. The number of hydrogen-bond donors (Lipinski definition) is 1. The highest BCUT2D eigenvalue weighted by Crippen LogP contribution is 2.21. The zero-order valence-electron chi connectivity index (χ0n) is 10.1. The van der Waals surface area contributed by atoms with E-state index in [4.69, 9.17) is 5.73 Å². The zero-order valence-corrected chi connectivity index (χ0v) is 11.0. The number of para-hydroxylation sites is 1. The summed E-state index contributed by atoms with van der Waals surface area (Å²) in [6.07, 6.45) is 2.58. The fourth-order valence-electron chi connectivity index (χ4n) is 1.97. The molecule has 0 saturated heterocycles. The van der Waals surface area contributed by atoms with E-state index < -0.39 is 10.8 Å². The van der Waals surface area contributed by atoms with Crippen LogP contribution in [0.2, 0.25) is 0 Å². The molecule has 1 atom stereocenters. The minimum Gasteiger partial charge on any atom is -0.369 e. The van der Waals surface area contributed by atoms with Crippen molar-refractivity contribution in [3.8, 4) is 0 Å². The second kappa shape index (κ2) is 4.87. The molecular weight excluding hydrogens is 234 g/mol. The van der Waals surface area contributed by atoms with Gasteiger partial charge in [-0.3, -0.25) is 4.21 Å². The standard InChI is InChI=1S/C12H17N3OS/c1-9-5-3-6-10-11(9)14-12(13)15(10)7-4-8-17(2)16/h3,5-6H,4,7-8H2,1-2H3,(H2,13,14). The molecule has 0 bridgehead atoms. The number of nitrogen functional groups attached to an aromatic ring is 1. The lowest BCUT2D eigenvalue weighted by atomic mass is 10.2. The predicted molar refractivity (Wildman–Crippen MR) is 72.4 cm³/mol. The van der Waals surface area contributed by atoms with Gasteiger partial charge in [0.05, 0.1) is 11.0 Å². The molecule has 0 spiro atoms. The minimum absolute atomic E-state index is 0.538. The molecule has 0 saturated carbocycles. The molecule has 1 unspecified atom stereocenters. The van der Waals surface area contributed by atoms with E-state index in [9.17, 15) is 4.21 Å². The minimum atomic E-state index is -0.746. The normalized spacial score (nSPS) is 13.1. The molecule has 92 valence electrons. The second-order valence-electron chi connectivity index (χ2n) is 4.20. The number of rotatable bonds is 4. The lowest BCUT2D eigenvalue weighted by Crippen LogP contribution is -2.06. The molecule has 2 aromatic rings. The monoisotopic (exact) mass is 251 g/mol. The van der Waals surface area contributed by atoms with E-state index in [-0.39, 0.29) is 0 Å². The number of nitrogens with two attached hydrogens (primary N) is 1. The van der Waals surface area contributed by atoms with E-state index in [1.54, 1.807) is 6.26 Å². The number of fused-ring (bicyclic) bond motifs is 1. The summed E-state index contributed by atoms with van der Waals surface area (Å²) >= 11 is 0. The Labute approximate surface area is 103 Å². The largest absolute Gasteiger partial charge is 0.369 e. The van der Waals surface area contributed by atoms with Crippen LogP contribution in [0.15, 0.2) is 18.2 Å². The van der Waals surface area contributed by atoms with Crippen LogP contribution in [0, 0.1) is 6.92 Å². The molecule has 2 rings (SSSR count). The topological polar surface area (TPSA) is 60.9 Å². The molecule has 1 aromatic heterocycles. The Morgan fingerprint density at radius 1 is 1.47 bits per heavy atom. The fraction of sp³-hybridized carbons (Fsp3) is 0.417. The van der Waals surface area contributed by atoms with Crippen LogP contribution in [0.1, 0.15) is 12.0 Å². The molecule has 0 aliphatic rings. The smallest absolute Gasteiger partial charge is 0.201 e. The molecular formula is C12H17N3OS. The van der Waals surface area contributed by atoms with Crippen LogP contribution in [0.25, 0.3) is 11.0 Å². The average Bonchev–Trinajstić information content (AvgIpc) is 2.57. The summed E-state index contributed by atoms with van der Waals surface area (Å²) in [5, 5.41) is 0. The van der Waals surface area contributed by atoms with Gasteiger partial charge < -0.3 is 10.3 Å². The highest BCUT2D eigenvalue weighted by molar-refractivity contribution is 7.84. The molecule has 0 aliphatic carbocycles.